The van der Waals surface area contributed by atoms with E-state index in [2.05, 4.69) is 51.1 Å². The Balaban J connectivity index is 1.51. The van der Waals surface area contributed by atoms with Gasteiger partial charge >= 0.3 is 6.03 Å². The van der Waals surface area contributed by atoms with Gasteiger partial charge < -0.3 is 0 Å². The zero-order valence-corrected chi connectivity index (χ0v) is 22.1. The highest BCUT2D eigenvalue weighted by atomic mass is 16.2. The molecule has 0 N–H and O–H groups in total. The molecule has 36 heavy (non-hydrogen) atoms. The number of benzene rings is 2. The Morgan fingerprint density at radius 3 is 2.36 bits per heavy atom. The van der Waals surface area contributed by atoms with Crippen LogP contribution in [0.2, 0.25) is 0 Å². The predicted octanol–water partition coefficient (Wildman–Crippen LogP) is 7.09. The lowest BCUT2D eigenvalue weighted by atomic mass is 9.70. The molecule has 2 aliphatic heterocycles. The van der Waals surface area contributed by atoms with Crippen LogP contribution in [0.5, 0.6) is 0 Å². The molecule has 0 unspecified atom stereocenters. The molecule has 5 rings (SSSR count). The summed E-state index contributed by atoms with van der Waals surface area (Å²) < 4.78 is 0. The second kappa shape index (κ2) is 9.38. The summed E-state index contributed by atoms with van der Waals surface area (Å²) in [7, 11) is 0. The number of imide groups is 1. The molecular formula is C32H38N2O2. The molecule has 3 aliphatic rings. The third-order valence-electron chi connectivity index (χ3n) is 8.06. The van der Waals surface area contributed by atoms with Gasteiger partial charge in [-0.15, -0.1) is 0 Å². The molecule has 1 aliphatic carbocycles. The van der Waals surface area contributed by atoms with Crippen molar-refractivity contribution in [2.75, 3.05) is 13.1 Å². The Morgan fingerprint density at radius 1 is 1.03 bits per heavy atom. The van der Waals surface area contributed by atoms with Gasteiger partial charge in [-0.3, -0.25) is 14.6 Å². The highest BCUT2D eigenvalue weighted by Crippen LogP contribution is 2.57. The number of carbonyl (C=O) groups excluding carboxylic acids is 2. The molecule has 4 heteroatoms. The molecule has 0 aromatic heterocycles. The van der Waals surface area contributed by atoms with Crippen LogP contribution in [0.25, 0.3) is 6.08 Å². The summed E-state index contributed by atoms with van der Waals surface area (Å²) in [6.07, 6.45) is 6.48. The lowest BCUT2D eigenvalue weighted by molar-refractivity contribution is -0.141. The maximum atomic E-state index is 14.2. The summed E-state index contributed by atoms with van der Waals surface area (Å²) >= 11 is 0. The van der Waals surface area contributed by atoms with Crippen molar-refractivity contribution in [3.05, 3.63) is 88.6 Å². The Kier molecular flexibility index (Phi) is 6.40. The number of nitrogens with zero attached hydrogens (tertiary/aromatic N) is 2. The number of hydrogen-bond acceptors (Lipinski definition) is 2. The highest BCUT2D eigenvalue weighted by molar-refractivity contribution is 6.04. The smallest absolute Gasteiger partial charge is 0.296 e. The Morgan fingerprint density at radius 2 is 1.69 bits per heavy atom. The molecule has 1 fully saturated rings. The van der Waals surface area contributed by atoms with Gasteiger partial charge in [-0.05, 0) is 67.1 Å². The van der Waals surface area contributed by atoms with Crippen molar-refractivity contribution in [2.45, 2.75) is 59.8 Å². The Bertz CT molecular complexity index is 1210. The van der Waals surface area contributed by atoms with Crippen molar-refractivity contribution >= 4 is 18.0 Å². The van der Waals surface area contributed by atoms with Crippen molar-refractivity contribution < 1.29 is 9.59 Å². The third kappa shape index (κ3) is 4.42. The van der Waals surface area contributed by atoms with Crippen LogP contribution in [0, 0.1) is 16.7 Å². The fraction of sp³-hybridized carbons (Fsp3) is 0.438. The van der Waals surface area contributed by atoms with Crippen LogP contribution in [-0.2, 0) is 11.2 Å². The highest BCUT2D eigenvalue weighted by Gasteiger charge is 2.59. The average Bonchev–Trinajstić information content (AvgIpc) is 3.19. The molecule has 0 bridgehead atoms. The van der Waals surface area contributed by atoms with Crippen LogP contribution in [0.4, 0.5) is 4.79 Å². The van der Waals surface area contributed by atoms with E-state index in [-0.39, 0.29) is 17.4 Å². The van der Waals surface area contributed by atoms with Gasteiger partial charge in [0.2, 0.25) is 5.91 Å². The Labute approximate surface area is 215 Å². The van der Waals surface area contributed by atoms with Gasteiger partial charge in [0.05, 0.1) is 12.0 Å². The van der Waals surface area contributed by atoms with Crippen molar-refractivity contribution in [3.63, 3.8) is 0 Å². The van der Waals surface area contributed by atoms with E-state index in [1.807, 2.05) is 48.2 Å². The standard InChI is InChI=1S/C32H38N2O2/c1-23(2)18-32-16-15-27-20-31(4,19-26-13-9-6-10-14-26)22-34(28(27)32)30(36)33(29(32)35)21-24(3)17-25-11-7-5-8-12-25/h5-14,17,23H,15-16,18-22H2,1-4H3/b24-17+/t31-,32+/m0/s1. The van der Waals surface area contributed by atoms with E-state index in [1.54, 1.807) is 4.90 Å². The van der Waals surface area contributed by atoms with Crippen LogP contribution in [0.1, 0.15) is 64.5 Å². The first-order chi connectivity index (χ1) is 17.2. The summed E-state index contributed by atoms with van der Waals surface area (Å²) in [6, 6.07) is 20.5. The molecule has 2 aromatic rings. The van der Waals surface area contributed by atoms with Gasteiger partial charge in [0.1, 0.15) is 0 Å². The first-order valence-electron chi connectivity index (χ1n) is 13.3. The summed E-state index contributed by atoms with van der Waals surface area (Å²) in [5.74, 6) is 0.381. The number of carbonyl (C=O) groups is 2. The van der Waals surface area contributed by atoms with E-state index < -0.39 is 5.41 Å². The number of rotatable bonds is 7. The van der Waals surface area contributed by atoms with Crippen molar-refractivity contribution in [1.29, 1.82) is 0 Å². The number of hydrogen-bond donors (Lipinski definition) is 0. The van der Waals surface area contributed by atoms with Crippen LogP contribution in [0.15, 0.2) is 77.5 Å². The average molecular weight is 483 g/mol. The lowest BCUT2D eigenvalue weighted by Gasteiger charge is -2.51. The van der Waals surface area contributed by atoms with Gasteiger partial charge in [-0.2, -0.15) is 0 Å². The van der Waals surface area contributed by atoms with Crippen LogP contribution in [0.3, 0.4) is 0 Å². The lowest BCUT2D eigenvalue weighted by Crippen LogP contribution is -2.62. The van der Waals surface area contributed by atoms with E-state index in [1.165, 1.54) is 11.1 Å². The minimum atomic E-state index is -0.571. The van der Waals surface area contributed by atoms with Gasteiger partial charge in [0.15, 0.2) is 0 Å². The van der Waals surface area contributed by atoms with Crippen LogP contribution in [-0.4, -0.2) is 34.8 Å². The minimum absolute atomic E-state index is 0.00919. The summed E-state index contributed by atoms with van der Waals surface area (Å²) in [5, 5.41) is 0. The van der Waals surface area contributed by atoms with Crippen molar-refractivity contribution in [1.82, 2.24) is 9.80 Å². The molecule has 0 radical (unpaired) electrons. The largest absolute Gasteiger partial charge is 0.331 e. The molecule has 0 spiro atoms. The molecule has 188 valence electrons. The zero-order chi connectivity index (χ0) is 25.5. The van der Waals surface area contributed by atoms with E-state index in [0.29, 0.717) is 19.0 Å². The van der Waals surface area contributed by atoms with Crippen LogP contribution < -0.4 is 0 Å². The third-order valence-corrected chi connectivity index (χ3v) is 8.06. The quantitative estimate of drug-likeness (QED) is 0.423. The minimum Gasteiger partial charge on any atom is -0.296 e. The van der Waals surface area contributed by atoms with Crippen LogP contribution >= 0.6 is 0 Å². The van der Waals surface area contributed by atoms with Crippen molar-refractivity contribution in [3.8, 4) is 0 Å². The second-order valence-electron chi connectivity index (χ2n) is 11.9. The molecular weight excluding hydrogens is 444 g/mol. The molecule has 3 amide bonds. The molecule has 0 saturated carbocycles. The maximum absolute atomic E-state index is 14.2. The predicted molar refractivity (Wildman–Crippen MR) is 145 cm³/mol. The van der Waals surface area contributed by atoms with E-state index in [4.69, 9.17) is 0 Å². The fourth-order valence-electron chi connectivity index (χ4n) is 6.91. The molecule has 4 nitrogen and oxygen atoms in total. The Hall–Kier alpha value is -3.14. The van der Waals surface area contributed by atoms with E-state index in [0.717, 1.165) is 48.9 Å². The first kappa shape index (κ1) is 24.5. The van der Waals surface area contributed by atoms with Gasteiger partial charge in [-0.1, -0.05) is 93.1 Å². The van der Waals surface area contributed by atoms with E-state index >= 15 is 0 Å². The topological polar surface area (TPSA) is 40.6 Å². The number of amides is 3. The molecule has 2 aromatic carbocycles. The van der Waals surface area contributed by atoms with Gasteiger partial charge in [0, 0.05) is 12.2 Å². The SMILES string of the molecule is C/C(=C\c1ccccc1)CN1C(=O)N2C[C@@](C)(Cc3ccccc3)CC3=C2[C@](CC(C)C)(CC3)C1=O. The first-order valence-corrected chi connectivity index (χ1v) is 13.3. The number of allylic oxidation sites excluding steroid dienone is 1. The fourth-order valence-corrected chi connectivity index (χ4v) is 6.91. The normalized spacial score (nSPS) is 26.2. The van der Waals surface area contributed by atoms with E-state index in [9.17, 15) is 9.59 Å². The zero-order valence-electron chi connectivity index (χ0n) is 22.1. The van der Waals surface area contributed by atoms with Gasteiger partial charge in [0.25, 0.3) is 0 Å². The van der Waals surface area contributed by atoms with Gasteiger partial charge in [-0.25, -0.2) is 4.79 Å². The monoisotopic (exact) mass is 482 g/mol. The summed E-state index contributed by atoms with van der Waals surface area (Å²) in [5.41, 5.74) is 5.16. The molecule has 1 saturated heterocycles. The second-order valence-corrected chi connectivity index (χ2v) is 11.9. The summed E-state index contributed by atoms with van der Waals surface area (Å²) in [6.45, 7) is 9.69. The molecule has 2 atom stereocenters. The molecule has 2 heterocycles. The maximum Gasteiger partial charge on any atom is 0.331 e. The summed E-state index contributed by atoms with van der Waals surface area (Å²) in [4.78, 5) is 31.7. The number of urea groups is 1. The van der Waals surface area contributed by atoms with Crippen molar-refractivity contribution in [2.24, 2.45) is 16.7 Å².